The fraction of sp³-hybridized carbons (Fsp3) is 0.526. The smallest absolute Gasteiger partial charge is 0.306 e. The maximum absolute atomic E-state index is 11.7. The predicted molar refractivity (Wildman–Crippen MR) is 107 cm³/mol. The van der Waals surface area contributed by atoms with E-state index in [4.69, 9.17) is 21.7 Å². The molecule has 27 heavy (non-hydrogen) atoms. The highest BCUT2D eigenvalue weighted by molar-refractivity contribution is 7.80. The van der Waals surface area contributed by atoms with Crippen molar-refractivity contribution in [3.8, 4) is 11.5 Å². The summed E-state index contributed by atoms with van der Waals surface area (Å²) in [6, 6.07) is 5.62. The highest BCUT2D eigenvalue weighted by Crippen LogP contribution is 2.28. The summed E-state index contributed by atoms with van der Waals surface area (Å²) in [5.41, 5.74) is 0.925. The summed E-state index contributed by atoms with van der Waals surface area (Å²) >= 11 is 5.09. The normalized spacial score (nSPS) is 10.3. The Morgan fingerprint density at radius 3 is 2.52 bits per heavy atom. The van der Waals surface area contributed by atoms with Gasteiger partial charge >= 0.3 is 5.97 Å². The second-order valence-electron chi connectivity index (χ2n) is 6.32. The van der Waals surface area contributed by atoms with Crippen LogP contribution in [0.15, 0.2) is 18.2 Å². The molecule has 0 aromatic heterocycles. The molecule has 7 nitrogen and oxygen atoms in total. The number of carbonyl (C=O) groups excluding carboxylic acids is 2. The van der Waals surface area contributed by atoms with E-state index in [-0.39, 0.29) is 23.9 Å². The van der Waals surface area contributed by atoms with Crippen LogP contribution in [0.25, 0.3) is 0 Å². The molecule has 1 aromatic carbocycles. The highest BCUT2D eigenvalue weighted by atomic mass is 32.1. The van der Waals surface area contributed by atoms with Gasteiger partial charge in [-0.1, -0.05) is 19.9 Å². The van der Waals surface area contributed by atoms with Crippen molar-refractivity contribution in [2.75, 3.05) is 20.8 Å². The Labute approximate surface area is 165 Å². The fourth-order valence-electron chi connectivity index (χ4n) is 2.08. The van der Waals surface area contributed by atoms with Gasteiger partial charge in [0.15, 0.2) is 16.6 Å². The van der Waals surface area contributed by atoms with Gasteiger partial charge in [-0.3, -0.25) is 9.59 Å². The average Bonchev–Trinajstić information content (AvgIpc) is 2.64. The first kappa shape index (κ1) is 22.7. The second-order valence-corrected chi connectivity index (χ2v) is 6.73. The minimum absolute atomic E-state index is 0.0143. The Morgan fingerprint density at radius 1 is 1.15 bits per heavy atom. The Balaban J connectivity index is 2.48. The molecule has 0 bridgehead atoms. The van der Waals surface area contributed by atoms with Crippen molar-refractivity contribution >= 4 is 29.2 Å². The minimum atomic E-state index is -0.438. The van der Waals surface area contributed by atoms with Crippen molar-refractivity contribution in [3.05, 3.63) is 23.8 Å². The van der Waals surface area contributed by atoms with Gasteiger partial charge in [0.2, 0.25) is 5.91 Å². The molecule has 0 spiro atoms. The maximum atomic E-state index is 11.7. The number of esters is 1. The van der Waals surface area contributed by atoms with Gasteiger partial charge in [-0.15, -0.1) is 0 Å². The van der Waals surface area contributed by atoms with Gasteiger partial charge in [-0.05, 0) is 42.3 Å². The number of ether oxygens (including phenoxy) is 3. The zero-order chi connectivity index (χ0) is 20.2. The van der Waals surface area contributed by atoms with E-state index in [1.54, 1.807) is 7.11 Å². The van der Waals surface area contributed by atoms with Gasteiger partial charge in [0, 0.05) is 13.0 Å². The molecule has 0 radical (unpaired) electrons. The predicted octanol–water partition coefficient (Wildman–Crippen LogP) is 2.56. The molecule has 1 rings (SSSR count). The third kappa shape index (κ3) is 9.23. The molecule has 150 valence electrons. The third-order valence-electron chi connectivity index (χ3n) is 3.67. The second kappa shape index (κ2) is 12.1. The number of methoxy groups -OCH3 is 2. The summed E-state index contributed by atoms with van der Waals surface area (Å²) in [5, 5.41) is 5.67. The Bertz CT molecular complexity index is 649. The first-order valence-electron chi connectivity index (χ1n) is 8.80. The molecule has 1 amide bonds. The lowest BCUT2D eigenvalue weighted by atomic mass is 10.1. The van der Waals surface area contributed by atoms with Crippen LogP contribution in [0.3, 0.4) is 0 Å². The van der Waals surface area contributed by atoms with E-state index in [0.717, 1.165) is 12.0 Å². The first-order chi connectivity index (χ1) is 12.8. The number of benzene rings is 1. The Morgan fingerprint density at radius 2 is 1.89 bits per heavy atom. The monoisotopic (exact) mass is 396 g/mol. The number of hydrogen-bond acceptors (Lipinski definition) is 6. The van der Waals surface area contributed by atoms with Gasteiger partial charge in [-0.2, -0.15) is 0 Å². The third-order valence-corrected chi connectivity index (χ3v) is 3.92. The summed E-state index contributed by atoms with van der Waals surface area (Å²) in [6.07, 6.45) is 1.00. The number of nitrogens with one attached hydrogen (secondary N) is 2. The maximum Gasteiger partial charge on any atom is 0.306 e. The Hall–Kier alpha value is -2.35. The molecule has 0 saturated carbocycles. The van der Waals surface area contributed by atoms with Crippen LogP contribution < -0.4 is 20.1 Å². The summed E-state index contributed by atoms with van der Waals surface area (Å²) < 4.78 is 15.6. The summed E-state index contributed by atoms with van der Waals surface area (Å²) in [4.78, 5) is 22.7. The molecule has 0 unspecified atom stereocenters. The SMILES string of the molecule is COC(=O)CCC(=O)NC(=S)NCc1ccc(OCCC(C)C)c(OC)c1. The molecule has 8 heteroatoms. The van der Waals surface area contributed by atoms with E-state index in [1.807, 2.05) is 18.2 Å². The van der Waals surface area contributed by atoms with E-state index in [2.05, 4.69) is 29.2 Å². The molecule has 1 aromatic rings. The van der Waals surface area contributed by atoms with Crippen molar-refractivity contribution in [1.82, 2.24) is 10.6 Å². The van der Waals surface area contributed by atoms with E-state index >= 15 is 0 Å². The lowest BCUT2D eigenvalue weighted by Crippen LogP contribution is -2.38. The van der Waals surface area contributed by atoms with Gasteiger partial charge in [-0.25, -0.2) is 0 Å². The topological polar surface area (TPSA) is 85.9 Å². The van der Waals surface area contributed by atoms with Crippen molar-refractivity contribution in [2.24, 2.45) is 5.92 Å². The molecule has 0 aliphatic heterocycles. The Kier molecular flexibility index (Phi) is 10.2. The van der Waals surface area contributed by atoms with Crippen LogP contribution >= 0.6 is 12.2 Å². The van der Waals surface area contributed by atoms with Gasteiger partial charge in [0.05, 0.1) is 27.2 Å². The standard InChI is InChI=1S/C19H28N2O5S/c1-13(2)9-10-26-15-6-5-14(11-16(15)24-3)12-20-19(27)21-17(22)7-8-18(23)25-4/h5-6,11,13H,7-10,12H2,1-4H3,(H2,20,21,22,27). The van der Waals surface area contributed by atoms with E-state index in [0.29, 0.717) is 30.6 Å². The fourth-order valence-corrected chi connectivity index (χ4v) is 2.27. The van der Waals surface area contributed by atoms with E-state index < -0.39 is 5.97 Å². The quantitative estimate of drug-likeness (QED) is 0.464. The molecule has 0 heterocycles. The summed E-state index contributed by atoms with van der Waals surface area (Å²) in [5.74, 6) is 1.13. The van der Waals surface area contributed by atoms with Crippen LogP contribution in [-0.4, -0.2) is 37.8 Å². The van der Waals surface area contributed by atoms with Crippen LogP contribution in [0.4, 0.5) is 0 Å². The van der Waals surface area contributed by atoms with Gasteiger partial charge < -0.3 is 24.8 Å². The van der Waals surface area contributed by atoms with Crippen molar-refractivity contribution in [1.29, 1.82) is 0 Å². The largest absolute Gasteiger partial charge is 0.493 e. The van der Waals surface area contributed by atoms with Crippen molar-refractivity contribution < 1.29 is 23.8 Å². The molecular weight excluding hydrogens is 368 g/mol. The number of rotatable bonds is 10. The number of hydrogen-bond donors (Lipinski definition) is 2. The van der Waals surface area contributed by atoms with Crippen LogP contribution in [0.1, 0.15) is 38.7 Å². The molecular formula is C19H28N2O5S. The zero-order valence-corrected chi connectivity index (χ0v) is 17.1. The zero-order valence-electron chi connectivity index (χ0n) is 16.3. The van der Waals surface area contributed by atoms with Crippen LogP contribution in [0, 0.1) is 5.92 Å². The lowest BCUT2D eigenvalue weighted by Gasteiger charge is -2.14. The van der Waals surface area contributed by atoms with Crippen molar-refractivity contribution in [3.63, 3.8) is 0 Å². The van der Waals surface area contributed by atoms with Crippen LogP contribution in [-0.2, 0) is 20.9 Å². The van der Waals surface area contributed by atoms with E-state index in [9.17, 15) is 9.59 Å². The molecule has 0 aliphatic rings. The first-order valence-corrected chi connectivity index (χ1v) is 9.20. The molecule has 2 N–H and O–H groups in total. The summed E-state index contributed by atoms with van der Waals surface area (Å²) in [7, 11) is 2.87. The number of amides is 1. The molecule has 0 atom stereocenters. The lowest BCUT2D eigenvalue weighted by molar-refractivity contribution is -0.142. The highest BCUT2D eigenvalue weighted by Gasteiger charge is 2.10. The van der Waals surface area contributed by atoms with E-state index in [1.165, 1.54) is 7.11 Å². The average molecular weight is 397 g/mol. The van der Waals surface area contributed by atoms with Gasteiger partial charge in [0.1, 0.15) is 0 Å². The molecule has 0 saturated heterocycles. The minimum Gasteiger partial charge on any atom is -0.493 e. The van der Waals surface area contributed by atoms with Crippen LogP contribution in [0.5, 0.6) is 11.5 Å². The van der Waals surface area contributed by atoms with Gasteiger partial charge in [0.25, 0.3) is 0 Å². The van der Waals surface area contributed by atoms with Crippen molar-refractivity contribution in [2.45, 2.75) is 39.7 Å². The number of carbonyl (C=O) groups is 2. The number of thiocarbonyl (C=S) groups is 1. The molecule has 0 aliphatic carbocycles. The van der Waals surface area contributed by atoms with Crippen LogP contribution in [0.2, 0.25) is 0 Å². The summed E-state index contributed by atoms with van der Waals surface area (Å²) in [6.45, 7) is 5.34. The molecule has 0 fully saturated rings.